The van der Waals surface area contributed by atoms with Crippen LogP contribution in [0.3, 0.4) is 0 Å². The quantitative estimate of drug-likeness (QED) is 0.131. The summed E-state index contributed by atoms with van der Waals surface area (Å²) in [7, 11) is -4.86. The Morgan fingerprint density at radius 1 is 0.533 bits per heavy atom. The van der Waals surface area contributed by atoms with E-state index in [1.807, 2.05) is 73.4 Å². The molecule has 0 saturated carbocycles. The van der Waals surface area contributed by atoms with E-state index in [1.54, 1.807) is 18.2 Å². The minimum absolute atomic E-state index is 0.0151. The zero-order chi connectivity index (χ0) is 34.3. The lowest BCUT2D eigenvalue weighted by molar-refractivity contribution is -0.439. The number of alkyl halides is 13. The molecular weight excluding hydrogens is 670 g/mol. The van der Waals surface area contributed by atoms with Crippen molar-refractivity contribution in [3.8, 4) is 0 Å². The summed E-state index contributed by atoms with van der Waals surface area (Å²) >= 11 is 0. The molecule has 3 aromatic carbocycles. The van der Waals surface area contributed by atoms with E-state index >= 15 is 0 Å². The van der Waals surface area contributed by atoms with Crippen LogP contribution in [0.2, 0.25) is 0 Å². The molecular formula is C30H29F13PS+. The summed E-state index contributed by atoms with van der Waals surface area (Å²) in [6, 6.07) is 25.5. The van der Waals surface area contributed by atoms with Crippen molar-refractivity contribution in [1.29, 1.82) is 0 Å². The SMILES string of the molecule is C[P+](c1ccccc1)(c1ccccc1)c1ccccc1CS(C)(C)CCC(F)(F)C(F)(F)C(F)(F)C(F)(F)C(F)(F)C(F)(F)F. The molecule has 0 aliphatic rings. The van der Waals surface area contributed by atoms with Crippen LogP contribution in [0.25, 0.3) is 0 Å². The molecule has 15 heteroatoms. The van der Waals surface area contributed by atoms with E-state index in [1.165, 1.54) is 12.5 Å². The van der Waals surface area contributed by atoms with Gasteiger partial charge in [-0.2, -0.15) is 57.1 Å². The van der Waals surface area contributed by atoms with Gasteiger partial charge in [-0.25, -0.2) is 10.0 Å². The summed E-state index contributed by atoms with van der Waals surface area (Å²) < 4.78 is 177. The van der Waals surface area contributed by atoms with E-state index in [-0.39, 0.29) is 5.75 Å². The highest BCUT2D eigenvalue weighted by molar-refractivity contribution is 8.32. The average Bonchev–Trinajstić information content (AvgIpc) is 2.96. The van der Waals surface area contributed by atoms with E-state index in [2.05, 4.69) is 0 Å². The van der Waals surface area contributed by atoms with Gasteiger partial charge < -0.3 is 0 Å². The molecule has 250 valence electrons. The van der Waals surface area contributed by atoms with Crippen molar-refractivity contribution in [3.63, 3.8) is 0 Å². The minimum Gasteiger partial charge on any atom is -0.242 e. The van der Waals surface area contributed by atoms with Crippen LogP contribution in [0.5, 0.6) is 0 Å². The van der Waals surface area contributed by atoms with Gasteiger partial charge in [0, 0.05) is 17.7 Å². The molecule has 0 unspecified atom stereocenters. The molecule has 0 atom stereocenters. The first-order valence-electron chi connectivity index (χ1n) is 13.1. The minimum atomic E-state index is -7.89. The van der Waals surface area contributed by atoms with Gasteiger partial charge in [-0.05, 0) is 48.6 Å². The average molecular weight is 700 g/mol. The Hall–Kier alpha value is -2.47. The van der Waals surface area contributed by atoms with Crippen molar-refractivity contribution < 1.29 is 57.1 Å². The summed E-state index contributed by atoms with van der Waals surface area (Å²) in [6.07, 6.45) is -6.80. The van der Waals surface area contributed by atoms with Crippen molar-refractivity contribution in [3.05, 3.63) is 90.5 Å². The van der Waals surface area contributed by atoms with Crippen molar-refractivity contribution in [2.75, 3.05) is 24.9 Å². The lowest BCUT2D eigenvalue weighted by Crippen LogP contribution is -2.70. The van der Waals surface area contributed by atoms with Gasteiger partial charge in [0.15, 0.2) is 0 Å². The molecule has 3 rings (SSSR count). The van der Waals surface area contributed by atoms with Crippen molar-refractivity contribution in [2.45, 2.75) is 48.0 Å². The molecule has 0 aliphatic heterocycles. The molecule has 0 bridgehead atoms. The van der Waals surface area contributed by atoms with Gasteiger partial charge in [0.1, 0.15) is 23.2 Å². The van der Waals surface area contributed by atoms with Crippen LogP contribution < -0.4 is 15.9 Å². The standard InChI is InChI=1S/C30H29F13PS/c1-44(22-13-6-4-7-14-22,23-15-8-5-9-16-23)24-17-11-10-12-21(24)20-45(2,3)19-18-25(31,32)26(33,34)27(35,36)28(37,38)29(39,40)30(41,42)43/h4-17H,18-20H2,1-3H3/q+1. The highest BCUT2D eigenvalue weighted by Crippen LogP contribution is 2.61. The first kappa shape index (κ1) is 37.0. The third-order valence-electron chi connectivity index (χ3n) is 7.53. The summed E-state index contributed by atoms with van der Waals surface area (Å²) in [6.45, 7) is 2.02. The van der Waals surface area contributed by atoms with E-state index < -0.39 is 65.3 Å². The number of rotatable bonds is 12. The predicted octanol–water partition coefficient (Wildman–Crippen LogP) is 9.30. The molecule has 0 nitrogen and oxygen atoms in total. The lowest BCUT2D eigenvalue weighted by Gasteiger charge is -2.41. The van der Waals surface area contributed by atoms with Gasteiger partial charge in [0.2, 0.25) is 0 Å². The second kappa shape index (κ2) is 12.3. The number of hydrogen-bond donors (Lipinski definition) is 0. The van der Waals surface area contributed by atoms with Crippen molar-refractivity contribution in [1.82, 2.24) is 0 Å². The van der Waals surface area contributed by atoms with Crippen LogP contribution in [0.1, 0.15) is 12.0 Å². The Balaban J connectivity index is 1.95. The number of hydrogen-bond acceptors (Lipinski definition) is 0. The Morgan fingerprint density at radius 3 is 1.38 bits per heavy atom. The molecule has 0 aromatic heterocycles. The zero-order valence-corrected chi connectivity index (χ0v) is 25.7. The highest BCUT2D eigenvalue weighted by Gasteiger charge is 2.90. The zero-order valence-electron chi connectivity index (χ0n) is 24.0. The molecule has 0 saturated heterocycles. The van der Waals surface area contributed by atoms with E-state index in [9.17, 15) is 57.1 Å². The first-order chi connectivity index (χ1) is 20.4. The van der Waals surface area contributed by atoms with Gasteiger partial charge in [-0.1, -0.05) is 54.6 Å². The van der Waals surface area contributed by atoms with Gasteiger partial charge in [-0.15, -0.1) is 0 Å². The molecule has 0 aliphatic carbocycles. The highest BCUT2D eigenvalue weighted by atomic mass is 32.3. The second-order valence-electron chi connectivity index (χ2n) is 11.2. The maximum Gasteiger partial charge on any atom is 0.460 e. The molecule has 45 heavy (non-hydrogen) atoms. The Bertz CT molecular complexity index is 1400. The summed E-state index contributed by atoms with van der Waals surface area (Å²) in [5.74, 6) is -37.7. The monoisotopic (exact) mass is 699 g/mol. The molecule has 0 spiro atoms. The molecule has 0 heterocycles. The summed E-state index contributed by atoms with van der Waals surface area (Å²) in [5.41, 5.74) is 0.623. The predicted molar refractivity (Wildman–Crippen MR) is 154 cm³/mol. The fourth-order valence-corrected chi connectivity index (χ4v) is 10.5. The fraction of sp³-hybridized carbons (Fsp3) is 0.400. The Labute approximate surface area is 253 Å². The lowest BCUT2D eigenvalue weighted by atomic mass is 9.93. The third-order valence-corrected chi connectivity index (χ3v) is 14.0. The van der Waals surface area contributed by atoms with Crippen molar-refractivity contribution in [2.24, 2.45) is 0 Å². The number of halogens is 13. The number of benzene rings is 3. The molecule has 3 aromatic rings. The van der Waals surface area contributed by atoms with Gasteiger partial charge >= 0.3 is 35.8 Å². The van der Waals surface area contributed by atoms with E-state index in [0.717, 1.165) is 15.9 Å². The van der Waals surface area contributed by atoms with Crippen LogP contribution in [-0.4, -0.2) is 60.7 Å². The van der Waals surface area contributed by atoms with E-state index in [4.69, 9.17) is 0 Å². The molecule has 0 N–H and O–H groups in total. The largest absolute Gasteiger partial charge is 0.460 e. The fourth-order valence-electron chi connectivity index (χ4n) is 4.81. The summed E-state index contributed by atoms with van der Waals surface area (Å²) in [5, 5.41) is 2.70. The van der Waals surface area contributed by atoms with Gasteiger partial charge in [-0.3, -0.25) is 0 Å². The van der Waals surface area contributed by atoms with Gasteiger partial charge in [0.25, 0.3) is 0 Å². The Morgan fingerprint density at radius 2 is 0.933 bits per heavy atom. The summed E-state index contributed by atoms with van der Waals surface area (Å²) in [4.78, 5) is 0. The maximum absolute atomic E-state index is 14.6. The molecule has 0 amide bonds. The van der Waals surface area contributed by atoms with Crippen LogP contribution >= 0.6 is 17.3 Å². The molecule has 0 fully saturated rings. The van der Waals surface area contributed by atoms with Crippen LogP contribution in [0.4, 0.5) is 57.1 Å². The molecule has 0 radical (unpaired) electrons. The Kier molecular flexibility index (Phi) is 10.1. The van der Waals surface area contributed by atoms with Gasteiger partial charge in [0.05, 0.1) is 6.66 Å². The second-order valence-corrected chi connectivity index (χ2v) is 18.9. The van der Waals surface area contributed by atoms with Crippen LogP contribution in [-0.2, 0) is 5.75 Å². The third kappa shape index (κ3) is 6.55. The van der Waals surface area contributed by atoms with Crippen molar-refractivity contribution >= 4 is 33.2 Å². The van der Waals surface area contributed by atoms with Crippen LogP contribution in [0.15, 0.2) is 84.9 Å². The van der Waals surface area contributed by atoms with E-state index in [0.29, 0.717) is 5.56 Å². The smallest absolute Gasteiger partial charge is 0.242 e. The normalized spacial score (nSPS) is 14.8. The topological polar surface area (TPSA) is 0 Å². The van der Waals surface area contributed by atoms with Crippen LogP contribution in [0, 0.1) is 0 Å². The first-order valence-corrected chi connectivity index (χ1v) is 18.1. The maximum atomic E-state index is 14.6.